The van der Waals surface area contributed by atoms with E-state index in [1.54, 1.807) is 0 Å². The summed E-state index contributed by atoms with van der Waals surface area (Å²) in [6.07, 6.45) is 2.82. The van der Waals surface area contributed by atoms with Crippen LogP contribution in [0.25, 0.3) is 0 Å². The lowest BCUT2D eigenvalue weighted by molar-refractivity contribution is -0.133. The second kappa shape index (κ2) is 5.75. The van der Waals surface area contributed by atoms with Gasteiger partial charge >= 0.3 is 5.97 Å². The molecule has 1 aliphatic rings. The van der Waals surface area contributed by atoms with Crippen molar-refractivity contribution >= 4 is 17.7 Å². The van der Waals surface area contributed by atoms with E-state index in [4.69, 9.17) is 9.84 Å². The molecule has 1 N–H and O–H groups in total. The molecule has 5 nitrogen and oxygen atoms in total. The van der Waals surface area contributed by atoms with Crippen molar-refractivity contribution in [3.05, 3.63) is 11.9 Å². The highest BCUT2D eigenvalue weighted by atomic mass is 32.2. The number of aliphatic carboxylic acids is 1. The maximum Gasteiger partial charge on any atom is 0.313 e. The molecule has 1 aliphatic heterocycles. The van der Waals surface area contributed by atoms with Gasteiger partial charge in [0.05, 0.1) is 18.4 Å². The van der Waals surface area contributed by atoms with Crippen LogP contribution in [0.2, 0.25) is 0 Å². The van der Waals surface area contributed by atoms with Crippen LogP contribution in [0.3, 0.4) is 0 Å². The molecule has 2 rings (SSSR count). The Morgan fingerprint density at radius 3 is 3.06 bits per heavy atom. The molecule has 0 spiro atoms. The predicted octanol–water partition coefficient (Wildman–Crippen LogP) is 2.14. The SMILES string of the molecule is CC(C)c1cnc(SCC(=O)O)n1C1CCOC1. The molecular formula is C12H18N2O3S. The van der Waals surface area contributed by atoms with E-state index in [1.165, 1.54) is 11.8 Å². The molecule has 100 valence electrons. The first-order chi connectivity index (χ1) is 8.59. The number of hydrogen-bond acceptors (Lipinski definition) is 4. The van der Waals surface area contributed by atoms with Crippen LogP contribution < -0.4 is 0 Å². The molecular weight excluding hydrogens is 252 g/mol. The molecule has 1 fully saturated rings. The summed E-state index contributed by atoms with van der Waals surface area (Å²) >= 11 is 1.28. The van der Waals surface area contributed by atoms with Crippen LogP contribution >= 0.6 is 11.8 Å². The molecule has 18 heavy (non-hydrogen) atoms. The van der Waals surface area contributed by atoms with Crippen molar-refractivity contribution in [1.29, 1.82) is 0 Å². The Kier molecular flexibility index (Phi) is 4.29. The molecule has 1 aromatic heterocycles. The highest BCUT2D eigenvalue weighted by Crippen LogP contribution is 2.31. The lowest BCUT2D eigenvalue weighted by Gasteiger charge is -2.18. The van der Waals surface area contributed by atoms with Crippen LogP contribution in [-0.4, -0.2) is 39.6 Å². The van der Waals surface area contributed by atoms with Gasteiger partial charge in [0.2, 0.25) is 0 Å². The molecule has 6 heteroatoms. The second-order valence-electron chi connectivity index (χ2n) is 4.69. The van der Waals surface area contributed by atoms with Gasteiger partial charge in [0, 0.05) is 18.5 Å². The minimum absolute atomic E-state index is 0.0438. The van der Waals surface area contributed by atoms with Crippen LogP contribution in [0, 0.1) is 0 Å². The van der Waals surface area contributed by atoms with Crippen LogP contribution in [0.5, 0.6) is 0 Å². The summed E-state index contributed by atoms with van der Waals surface area (Å²) < 4.78 is 7.58. The van der Waals surface area contributed by atoms with Crippen molar-refractivity contribution in [3.8, 4) is 0 Å². The number of imidazole rings is 1. The average Bonchev–Trinajstić information content (AvgIpc) is 2.94. The molecule has 0 bridgehead atoms. The summed E-state index contributed by atoms with van der Waals surface area (Å²) in [6.45, 7) is 5.70. The van der Waals surface area contributed by atoms with E-state index in [1.807, 2.05) is 6.20 Å². The zero-order valence-electron chi connectivity index (χ0n) is 10.6. The summed E-state index contributed by atoms with van der Waals surface area (Å²) in [5, 5.41) is 9.55. The third-order valence-corrected chi connectivity index (χ3v) is 3.93. The predicted molar refractivity (Wildman–Crippen MR) is 69.1 cm³/mol. The fourth-order valence-electron chi connectivity index (χ4n) is 2.11. The molecule has 1 unspecified atom stereocenters. The summed E-state index contributed by atoms with van der Waals surface area (Å²) in [7, 11) is 0. The zero-order chi connectivity index (χ0) is 13.1. The Hall–Kier alpha value is -1.01. The van der Waals surface area contributed by atoms with Gasteiger partial charge < -0.3 is 14.4 Å². The largest absolute Gasteiger partial charge is 0.481 e. The van der Waals surface area contributed by atoms with Gasteiger partial charge in [-0.3, -0.25) is 4.79 Å². The van der Waals surface area contributed by atoms with Crippen molar-refractivity contribution in [2.24, 2.45) is 0 Å². The fraction of sp³-hybridized carbons (Fsp3) is 0.667. The summed E-state index contributed by atoms with van der Waals surface area (Å²) in [4.78, 5) is 15.0. The van der Waals surface area contributed by atoms with Gasteiger partial charge in [0.25, 0.3) is 0 Å². The van der Waals surface area contributed by atoms with E-state index in [-0.39, 0.29) is 5.75 Å². The molecule has 0 saturated carbocycles. The molecule has 1 atom stereocenters. The number of hydrogen-bond donors (Lipinski definition) is 1. The second-order valence-corrected chi connectivity index (χ2v) is 5.63. The molecule has 0 amide bonds. The Morgan fingerprint density at radius 2 is 2.50 bits per heavy atom. The standard InChI is InChI=1S/C12H18N2O3S/c1-8(2)10-5-13-12(18-7-11(15)16)14(10)9-3-4-17-6-9/h5,8-9H,3-4,6-7H2,1-2H3,(H,15,16). The van der Waals surface area contributed by atoms with Gasteiger partial charge in [0.15, 0.2) is 5.16 Å². The first-order valence-electron chi connectivity index (χ1n) is 6.09. The summed E-state index contributed by atoms with van der Waals surface area (Å²) in [6, 6.07) is 0.293. The highest BCUT2D eigenvalue weighted by Gasteiger charge is 2.24. The fourth-order valence-corrected chi connectivity index (χ4v) is 2.88. The molecule has 2 heterocycles. The van der Waals surface area contributed by atoms with Crippen LogP contribution in [0.4, 0.5) is 0 Å². The van der Waals surface area contributed by atoms with Gasteiger partial charge in [-0.15, -0.1) is 0 Å². The summed E-state index contributed by atoms with van der Waals surface area (Å²) in [5.41, 5.74) is 1.15. The van der Waals surface area contributed by atoms with Gasteiger partial charge in [-0.05, 0) is 12.3 Å². The molecule has 0 aliphatic carbocycles. The molecule has 0 radical (unpaired) electrons. The number of ether oxygens (including phenoxy) is 1. The molecule has 0 aromatic carbocycles. The minimum Gasteiger partial charge on any atom is -0.481 e. The van der Waals surface area contributed by atoms with E-state index in [0.717, 1.165) is 23.9 Å². The summed E-state index contributed by atoms with van der Waals surface area (Å²) in [5.74, 6) is -0.400. The van der Waals surface area contributed by atoms with E-state index >= 15 is 0 Å². The highest BCUT2D eigenvalue weighted by molar-refractivity contribution is 7.99. The Morgan fingerprint density at radius 1 is 1.72 bits per heavy atom. The van der Waals surface area contributed by atoms with Crippen molar-refractivity contribution in [2.45, 2.75) is 37.4 Å². The van der Waals surface area contributed by atoms with Crippen molar-refractivity contribution in [2.75, 3.05) is 19.0 Å². The normalized spacial score (nSPS) is 19.6. The van der Waals surface area contributed by atoms with Crippen molar-refractivity contribution in [3.63, 3.8) is 0 Å². The average molecular weight is 270 g/mol. The Balaban J connectivity index is 2.25. The number of thioether (sulfide) groups is 1. The Labute approximate surface area is 111 Å². The first kappa shape index (κ1) is 13.4. The van der Waals surface area contributed by atoms with Crippen LogP contribution in [0.1, 0.15) is 37.9 Å². The monoisotopic (exact) mass is 270 g/mol. The Bertz CT molecular complexity index is 425. The van der Waals surface area contributed by atoms with Crippen LogP contribution in [0.15, 0.2) is 11.4 Å². The topological polar surface area (TPSA) is 64.3 Å². The molecule has 1 aromatic rings. The van der Waals surface area contributed by atoms with Gasteiger partial charge in [-0.25, -0.2) is 4.98 Å². The lowest BCUT2D eigenvalue weighted by Crippen LogP contribution is -2.14. The van der Waals surface area contributed by atoms with Gasteiger partial charge in [-0.1, -0.05) is 25.6 Å². The smallest absolute Gasteiger partial charge is 0.313 e. The van der Waals surface area contributed by atoms with E-state index in [2.05, 4.69) is 23.4 Å². The zero-order valence-corrected chi connectivity index (χ0v) is 11.4. The van der Waals surface area contributed by atoms with Gasteiger partial charge in [0.1, 0.15) is 0 Å². The molecule has 1 saturated heterocycles. The number of carbonyl (C=O) groups is 1. The van der Waals surface area contributed by atoms with E-state index < -0.39 is 5.97 Å². The first-order valence-corrected chi connectivity index (χ1v) is 7.07. The van der Waals surface area contributed by atoms with Crippen molar-refractivity contribution in [1.82, 2.24) is 9.55 Å². The number of rotatable bonds is 5. The number of carboxylic acids is 1. The minimum atomic E-state index is -0.816. The number of aromatic nitrogens is 2. The van der Waals surface area contributed by atoms with Gasteiger partial charge in [-0.2, -0.15) is 0 Å². The lowest BCUT2D eigenvalue weighted by atomic mass is 10.1. The van der Waals surface area contributed by atoms with E-state index in [9.17, 15) is 4.79 Å². The van der Waals surface area contributed by atoms with E-state index in [0.29, 0.717) is 18.6 Å². The third kappa shape index (κ3) is 2.87. The third-order valence-electron chi connectivity index (χ3n) is 2.98. The number of nitrogens with zero attached hydrogens (tertiary/aromatic N) is 2. The van der Waals surface area contributed by atoms with Crippen LogP contribution in [-0.2, 0) is 9.53 Å². The maximum atomic E-state index is 10.7. The quantitative estimate of drug-likeness (QED) is 0.830. The van der Waals surface area contributed by atoms with Crippen molar-refractivity contribution < 1.29 is 14.6 Å². The maximum absolute atomic E-state index is 10.7. The number of carboxylic acid groups (broad SMARTS) is 1.